The second-order valence-corrected chi connectivity index (χ2v) is 7.82. The molecule has 1 saturated heterocycles. The van der Waals surface area contributed by atoms with Crippen LogP contribution >= 0.6 is 0 Å². The van der Waals surface area contributed by atoms with Crippen LogP contribution in [0.15, 0.2) is 42.5 Å². The Morgan fingerprint density at radius 2 is 1.93 bits per heavy atom. The van der Waals surface area contributed by atoms with Gasteiger partial charge >= 0.3 is 0 Å². The number of aryl methyl sites for hydroxylation is 2. The van der Waals surface area contributed by atoms with E-state index in [2.05, 4.69) is 5.32 Å². The van der Waals surface area contributed by atoms with Gasteiger partial charge in [-0.3, -0.25) is 14.4 Å². The third-order valence-electron chi connectivity index (χ3n) is 5.68. The van der Waals surface area contributed by atoms with E-state index < -0.39 is 6.04 Å². The SMILES string of the molecule is Cc1cccc(CNC(=O)CN2C(=O)C3CCCN3C(=O)c3cccc(C)c32)c1. The van der Waals surface area contributed by atoms with Crippen molar-refractivity contribution in [2.24, 2.45) is 0 Å². The molecule has 0 spiro atoms. The number of para-hydroxylation sites is 1. The molecule has 0 bridgehead atoms. The first-order valence-corrected chi connectivity index (χ1v) is 10.00. The van der Waals surface area contributed by atoms with Gasteiger partial charge in [0.25, 0.3) is 5.91 Å². The molecule has 2 heterocycles. The molecule has 6 heteroatoms. The Morgan fingerprint density at radius 3 is 2.72 bits per heavy atom. The van der Waals surface area contributed by atoms with Crippen molar-refractivity contribution in [1.82, 2.24) is 10.2 Å². The summed E-state index contributed by atoms with van der Waals surface area (Å²) in [7, 11) is 0. The summed E-state index contributed by atoms with van der Waals surface area (Å²) in [6, 6.07) is 12.9. The summed E-state index contributed by atoms with van der Waals surface area (Å²) in [6.45, 7) is 4.76. The van der Waals surface area contributed by atoms with Gasteiger partial charge in [-0.1, -0.05) is 42.0 Å². The van der Waals surface area contributed by atoms with Crippen molar-refractivity contribution in [2.75, 3.05) is 18.0 Å². The molecular weight excluding hydrogens is 366 g/mol. The number of carbonyl (C=O) groups excluding carboxylic acids is 3. The van der Waals surface area contributed by atoms with Crippen LogP contribution in [0, 0.1) is 13.8 Å². The Kier molecular flexibility index (Phi) is 5.09. The lowest BCUT2D eigenvalue weighted by Crippen LogP contribution is -2.48. The number of fused-ring (bicyclic) bond motifs is 2. The lowest BCUT2D eigenvalue weighted by Gasteiger charge is -2.26. The Labute approximate surface area is 170 Å². The molecule has 0 aromatic heterocycles. The first kappa shape index (κ1) is 19.2. The molecule has 0 radical (unpaired) electrons. The maximum atomic E-state index is 13.3. The van der Waals surface area contributed by atoms with Gasteiger partial charge in [0, 0.05) is 13.1 Å². The summed E-state index contributed by atoms with van der Waals surface area (Å²) in [5, 5.41) is 2.90. The Morgan fingerprint density at radius 1 is 1.14 bits per heavy atom. The molecule has 2 aliphatic heterocycles. The first-order valence-electron chi connectivity index (χ1n) is 10.00. The van der Waals surface area contributed by atoms with Crippen LogP contribution in [0.2, 0.25) is 0 Å². The minimum Gasteiger partial charge on any atom is -0.350 e. The van der Waals surface area contributed by atoms with Crippen LogP contribution in [0.4, 0.5) is 5.69 Å². The van der Waals surface area contributed by atoms with E-state index in [-0.39, 0.29) is 24.3 Å². The van der Waals surface area contributed by atoms with Crippen molar-refractivity contribution < 1.29 is 14.4 Å². The van der Waals surface area contributed by atoms with Crippen LogP contribution in [-0.4, -0.2) is 41.8 Å². The van der Waals surface area contributed by atoms with Gasteiger partial charge in [-0.15, -0.1) is 0 Å². The molecule has 1 N–H and O–H groups in total. The number of rotatable bonds is 4. The highest BCUT2D eigenvalue weighted by Crippen LogP contribution is 2.34. The number of anilines is 1. The van der Waals surface area contributed by atoms with Gasteiger partial charge in [-0.05, 0) is 43.9 Å². The highest BCUT2D eigenvalue weighted by atomic mass is 16.2. The lowest BCUT2D eigenvalue weighted by molar-refractivity contribution is -0.125. The maximum absolute atomic E-state index is 13.3. The van der Waals surface area contributed by atoms with Crippen molar-refractivity contribution in [2.45, 2.75) is 39.3 Å². The monoisotopic (exact) mass is 391 g/mol. The van der Waals surface area contributed by atoms with Crippen molar-refractivity contribution >= 4 is 23.4 Å². The molecule has 6 nitrogen and oxygen atoms in total. The fourth-order valence-corrected chi connectivity index (χ4v) is 4.28. The summed E-state index contributed by atoms with van der Waals surface area (Å²) >= 11 is 0. The smallest absolute Gasteiger partial charge is 0.256 e. The van der Waals surface area contributed by atoms with Gasteiger partial charge in [0.15, 0.2) is 0 Å². The van der Waals surface area contributed by atoms with Crippen LogP contribution in [0.1, 0.15) is 39.9 Å². The third kappa shape index (κ3) is 3.62. The van der Waals surface area contributed by atoms with Gasteiger partial charge in [0.05, 0.1) is 11.3 Å². The molecule has 2 aliphatic rings. The number of hydrogen-bond acceptors (Lipinski definition) is 3. The highest BCUT2D eigenvalue weighted by Gasteiger charge is 2.42. The predicted octanol–water partition coefficient (Wildman–Crippen LogP) is 2.57. The molecule has 150 valence electrons. The van der Waals surface area contributed by atoms with Crippen molar-refractivity contribution in [1.29, 1.82) is 0 Å². The van der Waals surface area contributed by atoms with Crippen LogP contribution in [0.3, 0.4) is 0 Å². The number of nitrogens with zero attached hydrogens (tertiary/aromatic N) is 2. The topological polar surface area (TPSA) is 69.7 Å². The second-order valence-electron chi connectivity index (χ2n) is 7.82. The quantitative estimate of drug-likeness (QED) is 0.871. The number of hydrogen-bond donors (Lipinski definition) is 1. The third-order valence-corrected chi connectivity index (χ3v) is 5.68. The van der Waals surface area contributed by atoms with Gasteiger partial charge < -0.3 is 15.1 Å². The Balaban J connectivity index is 1.59. The zero-order chi connectivity index (χ0) is 20.5. The summed E-state index contributed by atoms with van der Waals surface area (Å²) in [5.74, 6) is -0.537. The van der Waals surface area contributed by atoms with E-state index in [0.29, 0.717) is 30.8 Å². The van der Waals surface area contributed by atoms with Crippen molar-refractivity contribution in [3.05, 3.63) is 64.7 Å². The van der Waals surface area contributed by atoms with E-state index in [1.807, 2.05) is 50.2 Å². The standard InChI is InChI=1S/C23H25N3O3/c1-15-6-3-8-17(12-15)13-24-20(27)14-26-21-16(2)7-4-9-18(21)22(28)25-11-5-10-19(25)23(26)29/h3-4,6-9,12,19H,5,10-11,13-14H2,1-2H3,(H,24,27). The van der Waals surface area contributed by atoms with Crippen LogP contribution in [0.5, 0.6) is 0 Å². The van der Waals surface area contributed by atoms with E-state index in [1.54, 1.807) is 11.0 Å². The molecule has 4 rings (SSSR count). The average molecular weight is 391 g/mol. The molecule has 0 saturated carbocycles. The normalized spacial score (nSPS) is 18.3. The predicted molar refractivity (Wildman–Crippen MR) is 111 cm³/mol. The summed E-state index contributed by atoms with van der Waals surface area (Å²) in [6.07, 6.45) is 1.44. The van der Waals surface area contributed by atoms with E-state index >= 15 is 0 Å². The molecule has 1 atom stereocenters. The van der Waals surface area contributed by atoms with Crippen molar-refractivity contribution in [3.8, 4) is 0 Å². The molecule has 2 aromatic rings. The molecule has 1 fully saturated rings. The first-order chi connectivity index (χ1) is 14.0. The molecule has 29 heavy (non-hydrogen) atoms. The summed E-state index contributed by atoms with van der Waals surface area (Å²) in [5.41, 5.74) is 4.01. The lowest BCUT2D eigenvalue weighted by atomic mass is 10.1. The molecule has 3 amide bonds. The van der Waals surface area contributed by atoms with Crippen LogP contribution in [0.25, 0.3) is 0 Å². The zero-order valence-corrected chi connectivity index (χ0v) is 16.8. The van der Waals surface area contributed by atoms with Crippen LogP contribution < -0.4 is 10.2 Å². The molecule has 2 aromatic carbocycles. The van der Waals surface area contributed by atoms with E-state index in [9.17, 15) is 14.4 Å². The van der Waals surface area contributed by atoms with Gasteiger partial charge in [-0.2, -0.15) is 0 Å². The number of benzene rings is 2. The number of amides is 3. The highest BCUT2D eigenvalue weighted by molar-refractivity contribution is 6.13. The van der Waals surface area contributed by atoms with Crippen LogP contribution in [-0.2, 0) is 16.1 Å². The maximum Gasteiger partial charge on any atom is 0.256 e. The number of carbonyl (C=O) groups is 3. The van der Waals surface area contributed by atoms with Crippen molar-refractivity contribution in [3.63, 3.8) is 0 Å². The van der Waals surface area contributed by atoms with E-state index in [4.69, 9.17) is 0 Å². The van der Waals surface area contributed by atoms with Gasteiger partial charge in [0.2, 0.25) is 11.8 Å². The zero-order valence-electron chi connectivity index (χ0n) is 16.8. The Hall–Kier alpha value is -3.15. The minimum atomic E-state index is -0.487. The Bertz CT molecular complexity index is 985. The molecule has 0 aliphatic carbocycles. The van der Waals surface area contributed by atoms with Gasteiger partial charge in [0.1, 0.15) is 12.6 Å². The fourth-order valence-electron chi connectivity index (χ4n) is 4.28. The summed E-state index contributed by atoms with van der Waals surface area (Å²) in [4.78, 5) is 42.2. The second kappa shape index (κ2) is 7.70. The van der Waals surface area contributed by atoms with E-state index in [0.717, 1.165) is 23.1 Å². The number of nitrogens with one attached hydrogen (secondary N) is 1. The molecular formula is C23H25N3O3. The molecule has 1 unspecified atom stereocenters. The van der Waals surface area contributed by atoms with E-state index in [1.165, 1.54) is 4.90 Å². The summed E-state index contributed by atoms with van der Waals surface area (Å²) < 4.78 is 0. The largest absolute Gasteiger partial charge is 0.350 e. The minimum absolute atomic E-state index is 0.0971. The fraction of sp³-hybridized carbons (Fsp3) is 0.348. The average Bonchev–Trinajstić information content (AvgIpc) is 3.17. The van der Waals surface area contributed by atoms with Gasteiger partial charge in [-0.25, -0.2) is 0 Å².